The van der Waals surface area contributed by atoms with Crippen LogP contribution in [0.15, 0.2) is 24.8 Å². The normalized spacial score (nSPS) is 37.7. The van der Waals surface area contributed by atoms with E-state index in [1.54, 1.807) is 0 Å². The fraction of sp³-hybridized carbons (Fsp3) is 0.762. The van der Waals surface area contributed by atoms with Crippen LogP contribution in [0.1, 0.15) is 58.8 Å². The predicted octanol–water partition coefficient (Wildman–Crippen LogP) is 3.63. The minimum Gasteiger partial charge on any atom is -0.469 e. The van der Waals surface area contributed by atoms with Crippen LogP contribution in [-0.2, 0) is 9.53 Å². The van der Waals surface area contributed by atoms with E-state index in [1.165, 1.54) is 18.8 Å². The van der Waals surface area contributed by atoms with Crippen LogP contribution < -0.4 is 0 Å². The zero-order valence-electron chi connectivity index (χ0n) is 16.0. The summed E-state index contributed by atoms with van der Waals surface area (Å²) in [6.07, 6.45) is 7.41. The summed E-state index contributed by atoms with van der Waals surface area (Å²) in [4.78, 5) is 12.6. The zero-order valence-corrected chi connectivity index (χ0v) is 16.0. The summed E-state index contributed by atoms with van der Waals surface area (Å²) in [5.74, 6) is 0.379. The Hall–Kier alpha value is -1.13. The summed E-state index contributed by atoms with van der Waals surface area (Å²) in [5, 5.41) is 19.8. The Bertz CT molecular complexity index is 542. The van der Waals surface area contributed by atoms with Gasteiger partial charge in [0.2, 0.25) is 0 Å². The average Bonchev–Trinajstić information content (AvgIpc) is 2.59. The first-order chi connectivity index (χ1) is 11.7. The van der Waals surface area contributed by atoms with E-state index in [-0.39, 0.29) is 29.8 Å². The fourth-order valence-electron chi connectivity index (χ4n) is 5.60. The fourth-order valence-corrected chi connectivity index (χ4v) is 5.60. The summed E-state index contributed by atoms with van der Waals surface area (Å²) < 4.78 is 5.15. The van der Waals surface area contributed by atoms with E-state index in [2.05, 4.69) is 27.0 Å². The SMILES string of the molecule is C=C[C@@](O)(CO)CC[C@@H]1C(=C)CC[C@H]2[C@@]1(C)CCC[C@]2(C)C(=O)OC. The number of hydrogen-bond acceptors (Lipinski definition) is 4. The Labute approximate surface area is 152 Å². The van der Waals surface area contributed by atoms with Crippen molar-refractivity contribution in [1.82, 2.24) is 0 Å². The van der Waals surface area contributed by atoms with Gasteiger partial charge in [0, 0.05) is 0 Å². The molecule has 25 heavy (non-hydrogen) atoms. The minimum absolute atomic E-state index is 0.0337. The Kier molecular flexibility index (Phi) is 5.85. The molecule has 0 bridgehead atoms. The molecule has 0 spiro atoms. The van der Waals surface area contributed by atoms with Gasteiger partial charge in [0.05, 0.1) is 19.1 Å². The summed E-state index contributed by atoms with van der Waals surface area (Å²) in [7, 11) is 1.48. The molecule has 2 aliphatic carbocycles. The van der Waals surface area contributed by atoms with Gasteiger partial charge in [-0.25, -0.2) is 0 Å². The number of fused-ring (bicyclic) bond motifs is 1. The molecule has 4 nitrogen and oxygen atoms in total. The Balaban J connectivity index is 2.30. The molecule has 0 unspecified atom stereocenters. The van der Waals surface area contributed by atoms with E-state index in [4.69, 9.17) is 4.74 Å². The Morgan fingerprint density at radius 1 is 1.44 bits per heavy atom. The third-order valence-electron chi connectivity index (χ3n) is 7.19. The highest BCUT2D eigenvalue weighted by Crippen LogP contribution is 2.62. The van der Waals surface area contributed by atoms with Gasteiger partial charge in [-0.1, -0.05) is 31.6 Å². The van der Waals surface area contributed by atoms with E-state index in [0.29, 0.717) is 6.42 Å². The molecule has 0 saturated heterocycles. The van der Waals surface area contributed by atoms with Crippen molar-refractivity contribution in [2.24, 2.45) is 22.7 Å². The van der Waals surface area contributed by atoms with Gasteiger partial charge in [0.25, 0.3) is 0 Å². The van der Waals surface area contributed by atoms with Crippen LogP contribution in [0.2, 0.25) is 0 Å². The molecule has 0 aliphatic heterocycles. The van der Waals surface area contributed by atoms with Crippen molar-refractivity contribution in [1.29, 1.82) is 0 Å². The predicted molar refractivity (Wildman–Crippen MR) is 98.9 cm³/mol. The molecule has 0 aromatic carbocycles. The highest BCUT2D eigenvalue weighted by Gasteiger charge is 2.57. The summed E-state index contributed by atoms with van der Waals surface area (Å²) >= 11 is 0. The number of carbonyl (C=O) groups is 1. The van der Waals surface area contributed by atoms with E-state index >= 15 is 0 Å². The second-order valence-electron chi connectivity index (χ2n) is 8.58. The standard InChI is InChI=1S/C21H34O4/c1-6-21(24,14-22)13-10-16-15(2)8-9-17-19(16,3)11-7-12-20(17,4)18(23)25-5/h6,16-17,22,24H,1-2,7-14H2,3-5H3/t16-,17+,19+,20+,21+/m1/s1. The quantitative estimate of drug-likeness (QED) is 0.567. The van der Waals surface area contributed by atoms with E-state index < -0.39 is 11.0 Å². The molecule has 2 saturated carbocycles. The lowest BCUT2D eigenvalue weighted by molar-refractivity contribution is -0.168. The Morgan fingerprint density at radius 2 is 2.12 bits per heavy atom. The molecule has 2 rings (SSSR count). The molecule has 2 fully saturated rings. The topological polar surface area (TPSA) is 66.8 Å². The number of aliphatic hydroxyl groups excluding tert-OH is 1. The highest BCUT2D eigenvalue weighted by atomic mass is 16.5. The van der Waals surface area contributed by atoms with E-state index in [0.717, 1.165) is 38.5 Å². The summed E-state index contributed by atoms with van der Waals surface area (Å²) in [6, 6.07) is 0. The smallest absolute Gasteiger partial charge is 0.311 e. The van der Waals surface area contributed by atoms with Gasteiger partial charge in [-0.3, -0.25) is 4.79 Å². The van der Waals surface area contributed by atoms with Crippen molar-refractivity contribution < 1.29 is 19.7 Å². The van der Waals surface area contributed by atoms with Crippen molar-refractivity contribution in [2.75, 3.05) is 13.7 Å². The molecule has 0 radical (unpaired) electrons. The maximum Gasteiger partial charge on any atom is 0.311 e. The number of ether oxygens (including phenoxy) is 1. The van der Waals surface area contributed by atoms with Gasteiger partial charge in [-0.2, -0.15) is 0 Å². The Morgan fingerprint density at radius 3 is 2.68 bits per heavy atom. The number of aliphatic hydroxyl groups is 2. The second kappa shape index (κ2) is 7.24. The average molecular weight is 350 g/mol. The second-order valence-corrected chi connectivity index (χ2v) is 8.58. The lowest BCUT2D eigenvalue weighted by Gasteiger charge is -2.57. The largest absolute Gasteiger partial charge is 0.469 e. The third kappa shape index (κ3) is 3.43. The van der Waals surface area contributed by atoms with Gasteiger partial charge in [-0.15, -0.1) is 6.58 Å². The van der Waals surface area contributed by atoms with Crippen LogP contribution in [-0.4, -0.2) is 35.5 Å². The van der Waals surface area contributed by atoms with Crippen molar-refractivity contribution >= 4 is 5.97 Å². The number of esters is 1. The van der Waals surface area contributed by atoms with Gasteiger partial charge < -0.3 is 14.9 Å². The van der Waals surface area contributed by atoms with E-state index in [1.807, 2.05) is 0 Å². The third-order valence-corrected chi connectivity index (χ3v) is 7.19. The molecular weight excluding hydrogens is 316 g/mol. The van der Waals surface area contributed by atoms with Crippen molar-refractivity contribution in [3.63, 3.8) is 0 Å². The van der Waals surface area contributed by atoms with Crippen LogP contribution in [0.25, 0.3) is 0 Å². The zero-order chi connectivity index (χ0) is 18.9. The highest BCUT2D eigenvalue weighted by molar-refractivity contribution is 5.77. The number of methoxy groups -OCH3 is 1. The molecule has 0 aromatic rings. The number of allylic oxidation sites excluding steroid dienone is 1. The van der Waals surface area contributed by atoms with Crippen LogP contribution in [0.4, 0.5) is 0 Å². The molecule has 0 aromatic heterocycles. The van der Waals surface area contributed by atoms with Crippen LogP contribution in [0, 0.1) is 22.7 Å². The summed E-state index contributed by atoms with van der Waals surface area (Å²) in [6.45, 7) is 12.0. The lowest BCUT2D eigenvalue weighted by Crippen LogP contribution is -2.53. The number of rotatable bonds is 6. The minimum atomic E-state index is -1.25. The van der Waals surface area contributed by atoms with Gasteiger partial charge in [0.15, 0.2) is 0 Å². The molecule has 0 heterocycles. The lowest BCUT2D eigenvalue weighted by atomic mass is 9.46. The maximum absolute atomic E-state index is 12.6. The van der Waals surface area contributed by atoms with Crippen molar-refractivity contribution in [3.8, 4) is 0 Å². The number of hydrogen-bond donors (Lipinski definition) is 2. The van der Waals surface area contributed by atoms with Gasteiger partial charge in [-0.05, 0) is 62.7 Å². The van der Waals surface area contributed by atoms with E-state index in [9.17, 15) is 15.0 Å². The van der Waals surface area contributed by atoms with Gasteiger partial charge in [0.1, 0.15) is 5.60 Å². The molecular formula is C21H34O4. The first kappa shape index (κ1) is 20.2. The molecule has 2 aliphatic rings. The van der Waals surface area contributed by atoms with Crippen LogP contribution in [0.3, 0.4) is 0 Å². The molecule has 2 N–H and O–H groups in total. The first-order valence-corrected chi connectivity index (χ1v) is 9.40. The summed E-state index contributed by atoms with van der Waals surface area (Å²) in [5.41, 5.74) is -0.526. The van der Waals surface area contributed by atoms with Crippen molar-refractivity contribution in [3.05, 3.63) is 24.8 Å². The first-order valence-electron chi connectivity index (χ1n) is 9.40. The molecule has 4 heteroatoms. The molecule has 5 atom stereocenters. The number of carbonyl (C=O) groups excluding carboxylic acids is 1. The van der Waals surface area contributed by atoms with Crippen LogP contribution >= 0.6 is 0 Å². The monoisotopic (exact) mass is 350 g/mol. The molecule has 142 valence electrons. The van der Waals surface area contributed by atoms with Crippen molar-refractivity contribution in [2.45, 2.75) is 64.4 Å². The maximum atomic E-state index is 12.6. The molecule has 0 amide bonds. The van der Waals surface area contributed by atoms with Crippen LogP contribution in [0.5, 0.6) is 0 Å². The van der Waals surface area contributed by atoms with Gasteiger partial charge >= 0.3 is 5.97 Å².